The van der Waals surface area contributed by atoms with Crippen molar-refractivity contribution < 1.29 is 5.11 Å². The highest BCUT2D eigenvalue weighted by Gasteiger charge is 2.64. The maximum absolute atomic E-state index is 10.1. The predicted molar refractivity (Wildman–Crippen MR) is 52.3 cm³/mol. The molecular formula is C12H20O. The van der Waals surface area contributed by atoms with Gasteiger partial charge in [-0.3, -0.25) is 0 Å². The topological polar surface area (TPSA) is 20.2 Å². The lowest BCUT2D eigenvalue weighted by Gasteiger charge is -2.26. The maximum Gasteiger partial charge on any atom is 0.0683 e. The zero-order valence-corrected chi connectivity index (χ0v) is 8.71. The SMILES string of the molecule is CC1(C)CC1C1CCCC2(O)CC12. The molecular weight excluding hydrogens is 160 g/mol. The summed E-state index contributed by atoms with van der Waals surface area (Å²) in [6.45, 7) is 4.77. The molecule has 0 aromatic carbocycles. The van der Waals surface area contributed by atoms with Crippen molar-refractivity contribution in [3.8, 4) is 0 Å². The van der Waals surface area contributed by atoms with Crippen molar-refractivity contribution in [3.05, 3.63) is 0 Å². The van der Waals surface area contributed by atoms with E-state index in [1.807, 2.05) is 0 Å². The molecule has 0 saturated heterocycles. The van der Waals surface area contributed by atoms with Crippen LogP contribution in [0.1, 0.15) is 46.0 Å². The van der Waals surface area contributed by atoms with Crippen LogP contribution in [0.4, 0.5) is 0 Å². The van der Waals surface area contributed by atoms with E-state index in [0.717, 1.165) is 24.7 Å². The maximum atomic E-state index is 10.1. The number of aliphatic hydroxyl groups is 1. The minimum Gasteiger partial charge on any atom is -0.390 e. The van der Waals surface area contributed by atoms with Gasteiger partial charge < -0.3 is 5.11 Å². The van der Waals surface area contributed by atoms with Crippen LogP contribution >= 0.6 is 0 Å². The van der Waals surface area contributed by atoms with Gasteiger partial charge in [0.15, 0.2) is 0 Å². The van der Waals surface area contributed by atoms with Crippen molar-refractivity contribution in [3.63, 3.8) is 0 Å². The summed E-state index contributed by atoms with van der Waals surface area (Å²) in [7, 11) is 0. The van der Waals surface area contributed by atoms with Gasteiger partial charge in [-0.05, 0) is 48.9 Å². The minimum absolute atomic E-state index is 0.193. The molecule has 13 heavy (non-hydrogen) atoms. The van der Waals surface area contributed by atoms with E-state index in [-0.39, 0.29) is 5.60 Å². The molecule has 3 aliphatic rings. The Morgan fingerprint density at radius 1 is 1.15 bits per heavy atom. The van der Waals surface area contributed by atoms with Gasteiger partial charge in [0, 0.05) is 0 Å². The molecule has 0 aliphatic heterocycles. The van der Waals surface area contributed by atoms with Gasteiger partial charge in [0.2, 0.25) is 0 Å². The number of hydrogen-bond donors (Lipinski definition) is 1. The Morgan fingerprint density at radius 2 is 1.85 bits per heavy atom. The highest BCUT2D eigenvalue weighted by Crippen LogP contribution is 2.67. The zero-order valence-electron chi connectivity index (χ0n) is 8.71. The van der Waals surface area contributed by atoms with E-state index >= 15 is 0 Å². The Kier molecular flexibility index (Phi) is 1.36. The van der Waals surface area contributed by atoms with Crippen LogP contribution in [-0.4, -0.2) is 10.7 Å². The number of rotatable bonds is 1. The summed E-state index contributed by atoms with van der Waals surface area (Å²) in [4.78, 5) is 0. The van der Waals surface area contributed by atoms with Crippen LogP contribution < -0.4 is 0 Å². The van der Waals surface area contributed by atoms with Gasteiger partial charge in [0.25, 0.3) is 0 Å². The van der Waals surface area contributed by atoms with Gasteiger partial charge in [-0.25, -0.2) is 0 Å². The Labute approximate surface area is 80.5 Å². The third-order valence-corrected chi connectivity index (χ3v) is 4.87. The Morgan fingerprint density at radius 3 is 2.46 bits per heavy atom. The first-order valence-corrected chi connectivity index (χ1v) is 5.75. The van der Waals surface area contributed by atoms with Crippen LogP contribution in [-0.2, 0) is 0 Å². The van der Waals surface area contributed by atoms with Crippen molar-refractivity contribution in [2.75, 3.05) is 0 Å². The fourth-order valence-electron chi connectivity index (χ4n) is 3.72. The second-order valence-corrected chi connectivity index (χ2v) is 6.27. The summed E-state index contributed by atoms with van der Waals surface area (Å²) in [5.74, 6) is 2.49. The van der Waals surface area contributed by atoms with Gasteiger partial charge in [0.1, 0.15) is 0 Å². The van der Waals surface area contributed by atoms with Crippen LogP contribution in [0.25, 0.3) is 0 Å². The first-order chi connectivity index (χ1) is 6.03. The Balaban J connectivity index is 1.73. The highest BCUT2D eigenvalue weighted by molar-refractivity contribution is 5.14. The van der Waals surface area contributed by atoms with Crippen molar-refractivity contribution in [2.45, 2.75) is 51.6 Å². The van der Waals surface area contributed by atoms with Gasteiger partial charge in [-0.1, -0.05) is 20.3 Å². The van der Waals surface area contributed by atoms with Crippen LogP contribution in [0.5, 0.6) is 0 Å². The van der Waals surface area contributed by atoms with Crippen LogP contribution in [0.2, 0.25) is 0 Å². The molecule has 1 N–H and O–H groups in total. The molecule has 0 amide bonds. The summed E-state index contributed by atoms with van der Waals surface area (Å²) in [5.41, 5.74) is 0.410. The average molecular weight is 180 g/mol. The smallest absolute Gasteiger partial charge is 0.0683 e. The zero-order chi connectivity index (χ0) is 9.27. The Bertz CT molecular complexity index is 244. The quantitative estimate of drug-likeness (QED) is 0.657. The molecule has 4 atom stereocenters. The van der Waals surface area contributed by atoms with Crippen molar-refractivity contribution >= 4 is 0 Å². The van der Waals surface area contributed by atoms with E-state index in [1.165, 1.54) is 19.3 Å². The second kappa shape index (κ2) is 2.13. The third-order valence-electron chi connectivity index (χ3n) is 4.87. The summed E-state index contributed by atoms with van der Waals surface area (Å²) >= 11 is 0. The van der Waals surface area contributed by atoms with Gasteiger partial charge in [-0.15, -0.1) is 0 Å². The van der Waals surface area contributed by atoms with Crippen LogP contribution in [0.15, 0.2) is 0 Å². The molecule has 0 aromatic rings. The monoisotopic (exact) mass is 180 g/mol. The number of fused-ring (bicyclic) bond motifs is 1. The molecule has 3 fully saturated rings. The summed E-state index contributed by atoms with van der Waals surface area (Å²) in [6.07, 6.45) is 6.27. The normalized spacial score (nSPS) is 57.0. The van der Waals surface area contributed by atoms with Gasteiger partial charge in [-0.2, -0.15) is 0 Å². The summed E-state index contributed by atoms with van der Waals surface area (Å²) in [5, 5.41) is 10.1. The van der Waals surface area contributed by atoms with Crippen LogP contribution in [0.3, 0.4) is 0 Å². The van der Waals surface area contributed by atoms with E-state index in [4.69, 9.17) is 0 Å². The standard InChI is InChI=1S/C12H20O/c1-11(2)6-9(11)8-4-3-5-12(13)7-10(8)12/h8-10,13H,3-7H2,1-2H3. The molecule has 3 aliphatic carbocycles. The van der Waals surface area contributed by atoms with Gasteiger partial charge in [0.05, 0.1) is 5.60 Å². The van der Waals surface area contributed by atoms with Crippen molar-refractivity contribution in [1.82, 2.24) is 0 Å². The minimum atomic E-state index is -0.193. The lowest BCUT2D eigenvalue weighted by molar-refractivity contribution is 0.0717. The van der Waals surface area contributed by atoms with Crippen molar-refractivity contribution in [1.29, 1.82) is 0 Å². The van der Waals surface area contributed by atoms with E-state index in [0.29, 0.717) is 11.3 Å². The molecule has 4 unspecified atom stereocenters. The molecule has 3 saturated carbocycles. The molecule has 0 spiro atoms. The van der Waals surface area contributed by atoms with Gasteiger partial charge >= 0.3 is 0 Å². The largest absolute Gasteiger partial charge is 0.390 e. The molecule has 3 rings (SSSR count). The third kappa shape index (κ3) is 1.09. The van der Waals surface area contributed by atoms with Crippen LogP contribution in [0, 0.1) is 23.2 Å². The summed E-state index contributed by atoms with van der Waals surface area (Å²) < 4.78 is 0. The first kappa shape index (κ1) is 8.28. The number of hydrogen-bond acceptors (Lipinski definition) is 1. The molecule has 0 bridgehead atoms. The lowest BCUT2D eigenvalue weighted by Crippen LogP contribution is -2.24. The fourth-order valence-corrected chi connectivity index (χ4v) is 3.72. The molecule has 1 nitrogen and oxygen atoms in total. The summed E-state index contributed by atoms with van der Waals surface area (Å²) in [6, 6.07) is 0. The van der Waals surface area contributed by atoms with E-state index in [2.05, 4.69) is 13.8 Å². The molecule has 0 aromatic heterocycles. The van der Waals surface area contributed by atoms with E-state index in [1.54, 1.807) is 0 Å². The predicted octanol–water partition coefficient (Wildman–Crippen LogP) is 2.58. The van der Waals surface area contributed by atoms with E-state index < -0.39 is 0 Å². The van der Waals surface area contributed by atoms with E-state index in [9.17, 15) is 5.11 Å². The molecule has 0 radical (unpaired) electrons. The fraction of sp³-hybridized carbons (Fsp3) is 1.00. The molecule has 74 valence electrons. The Hall–Kier alpha value is -0.0400. The average Bonchev–Trinajstić information content (AvgIpc) is 2.85. The second-order valence-electron chi connectivity index (χ2n) is 6.27. The first-order valence-electron chi connectivity index (χ1n) is 5.75. The lowest BCUT2D eigenvalue weighted by atomic mass is 9.82. The van der Waals surface area contributed by atoms with Crippen molar-refractivity contribution in [2.24, 2.45) is 23.2 Å². The molecule has 0 heterocycles. The molecule has 1 heteroatoms. The highest BCUT2D eigenvalue weighted by atomic mass is 16.3.